The molecule has 0 aliphatic heterocycles. The molecule has 0 N–H and O–H groups in total. The van der Waals surface area contributed by atoms with Gasteiger partial charge in [0.1, 0.15) is 22.3 Å². The molecule has 0 radical (unpaired) electrons. The topological polar surface area (TPSA) is 40.6 Å². The van der Waals surface area contributed by atoms with Crippen molar-refractivity contribution in [2.24, 2.45) is 0 Å². The lowest BCUT2D eigenvalue weighted by Gasteiger charge is -2.11. The second-order valence-electron chi connectivity index (χ2n) is 8.30. The van der Waals surface area contributed by atoms with E-state index in [2.05, 4.69) is 37.2 Å². The van der Waals surface area contributed by atoms with E-state index in [1.807, 2.05) is 34.0 Å². The van der Waals surface area contributed by atoms with E-state index in [4.69, 9.17) is 0 Å². The zero-order chi connectivity index (χ0) is 25.3. The summed E-state index contributed by atoms with van der Waals surface area (Å²) in [6, 6.07) is 0. The maximum Gasteiger partial charge on any atom is 0.213 e. The third-order valence-electron chi connectivity index (χ3n) is 5.40. The number of rotatable bonds is 25. The van der Waals surface area contributed by atoms with Gasteiger partial charge in [0.2, 0.25) is 12.8 Å². The van der Waals surface area contributed by atoms with Gasteiger partial charge in [-0.2, -0.15) is 0 Å². The molecule has 2 unspecified atom stereocenters. The van der Waals surface area contributed by atoms with Crippen LogP contribution in [0.1, 0.15) is 90.9 Å². The highest BCUT2D eigenvalue weighted by Gasteiger charge is 2.13. The van der Waals surface area contributed by atoms with Gasteiger partial charge in [-0.15, -0.1) is 0 Å². The minimum atomic E-state index is 0.237. The van der Waals surface area contributed by atoms with Crippen molar-refractivity contribution in [1.82, 2.24) is 9.80 Å². The minimum absolute atomic E-state index is 0.237. The summed E-state index contributed by atoms with van der Waals surface area (Å²) in [7, 11) is 4.23. The van der Waals surface area contributed by atoms with Crippen LogP contribution in [0.2, 0.25) is 0 Å². The summed E-state index contributed by atoms with van der Waals surface area (Å²) in [6.07, 6.45) is 24.9. The van der Waals surface area contributed by atoms with Gasteiger partial charge in [0, 0.05) is 25.6 Å². The van der Waals surface area contributed by atoms with Crippen LogP contribution in [0, 0.1) is 0 Å². The summed E-state index contributed by atoms with van der Waals surface area (Å²) in [5, 5.41) is 4.40. The fraction of sp³-hybridized carbons (Fsp3) is 0.769. The van der Waals surface area contributed by atoms with Crippen LogP contribution in [0.5, 0.6) is 0 Å². The fourth-order valence-electron chi connectivity index (χ4n) is 3.44. The highest BCUT2D eigenvalue weighted by Crippen LogP contribution is 2.17. The summed E-state index contributed by atoms with van der Waals surface area (Å²) in [5.41, 5.74) is 0. The molecule has 0 aliphatic rings. The maximum absolute atomic E-state index is 11.3. The van der Waals surface area contributed by atoms with Crippen molar-refractivity contribution in [3.05, 3.63) is 23.2 Å². The van der Waals surface area contributed by atoms with Crippen molar-refractivity contribution in [3.8, 4) is 0 Å². The number of hydrogen-bond acceptors (Lipinski definition) is 4. The molecular formula is C26H50N2O2S4+2. The number of hydrogen-bond donors (Lipinski definition) is 0. The average molecular weight is 551 g/mol. The molecule has 0 rings (SSSR count). The van der Waals surface area contributed by atoms with Gasteiger partial charge in [-0.25, -0.2) is 0 Å². The standard InChI is InChI=1S/C26H50N2O2S4/c1-5-21-33(31-3)23-19-27(25-29)17-15-13-11-9-7-8-10-12-14-16-18-28(26-30)20-24-34(32-4)22-6-2/h19-20,23-26H,5-18,21-22H2,1-4H3/q+2. The van der Waals surface area contributed by atoms with Crippen molar-refractivity contribution < 1.29 is 9.59 Å². The first-order chi connectivity index (χ1) is 16.6. The number of nitrogens with zero attached hydrogens (tertiary/aromatic N) is 2. The Hall–Kier alpha value is -0.180. The molecule has 0 heterocycles. The Morgan fingerprint density at radius 1 is 0.588 bits per heavy atom. The molecule has 0 bridgehead atoms. The van der Waals surface area contributed by atoms with Crippen LogP contribution in [0.4, 0.5) is 0 Å². The summed E-state index contributed by atoms with van der Waals surface area (Å²) in [4.78, 5) is 26.2. The predicted octanol–water partition coefficient (Wildman–Crippen LogP) is 7.36. The van der Waals surface area contributed by atoms with Crippen molar-refractivity contribution in [2.75, 3.05) is 37.1 Å². The van der Waals surface area contributed by atoms with Crippen molar-refractivity contribution in [3.63, 3.8) is 0 Å². The second-order valence-corrected chi connectivity index (χ2v) is 16.4. The average Bonchev–Trinajstić information content (AvgIpc) is 2.86. The molecule has 0 saturated heterocycles. The molecule has 0 fully saturated rings. The Bertz CT molecular complexity index is 489. The van der Waals surface area contributed by atoms with Crippen LogP contribution in [0.3, 0.4) is 0 Å². The van der Waals surface area contributed by atoms with Crippen LogP contribution in [0.15, 0.2) is 23.2 Å². The van der Waals surface area contributed by atoms with E-state index in [1.165, 1.54) is 75.7 Å². The molecule has 8 heteroatoms. The van der Waals surface area contributed by atoms with E-state index in [9.17, 15) is 9.59 Å². The molecule has 0 aliphatic carbocycles. The summed E-state index contributed by atoms with van der Waals surface area (Å²) >= 11 is 0. The molecular weight excluding hydrogens is 501 g/mol. The zero-order valence-electron chi connectivity index (χ0n) is 22.1. The Morgan fingerprint density at radius 3 is 1.18 bits per heavy atom. The third-order valence-corrected chi connectivity index (χ3v) is 13.0. The van der Waals surface area contributed by atoms with Crippen molar-refractivity contribution in [2.45, 2.75) is 90.9 Å². The zero-order valence-corrected chi connectivity index (χ0v) is 25.4. The van der Waals surface area contributed by atoms with Gasteiger partial charge >= 0.3 is 0 Å². The maximum atomic E-state index is 11.3. The predicted molar refractivity (Wildman–Crippen MR) is 162 cm³/mol. The van der Waals surface area contributed by atoms with Crippen LogP contribution in [0.25, 0.3) is 0 Å². The minimum Gasteiger partial charge on any atom is -0.317 e. The normalized spacial score (nSPS) is 13.4. The summed E-state index contributed by atoms with van der Waals surface area (Å²) in [6.45, 7) is 6.09. The number of unbranched alkanes of at least 4 members (excludes halogenated alkanes) is 9. The number of carbonyl (C=O) groups is 2. The molecule has 0 spiro atoms. The highest BCUT2D eigenvalue weighted by atomic mass is 33.1. The van der Waals surface area contributed by atoms with Crippen LogP contribution in [-0.2, 0) is 29.4 Å². The van der Waals surface area contributed by atoms with Gasteiger partial charge < -0.3 is 9.80 Å². The first-order valence-corrected chi connectivity index (χ1v) is 19.3. The van der Waals surface area contributed by atoms with E-state index in [0.717, 1.165) is 38.8 Å². The summed E-state index contributed by atoms with van der Waals surface area (Å²) < 4.78 is 0. The third kappa shape index (κ3) is 20.1. The molecule has 2 atom stereocenters. The van der Waals surface area contributed by atoms with E-state index < -0.39 is 0 Å². The number of amides is 2. The molecule has 2 amide bonds. The molecule has 198 valence electrons. The van der Waals surface area contributed by atoms with Crippen LogP contribution in [-0.4, -0.2) is 59.7 Å². The van der Waals surface area contributed by atoms with E-state index in [-0.39, 0.29) is 19.9 Å². The Labute approximate surface area is 224 Å². The van der Waals surface area contributed by atoms with Crippen molar-refractivity contribution >= 4 is 54.3 Å². The van der Waals surface area contributed by atoms with Gasteiger partial charge in [0.15, 0.2) is 0 Å². The van der Waals surface area contributed by atoms with Gasteiger partial charge in [-0.05, 0) is 25.7 Å². The Morgan fingerprint density at radius 2 is 0.912 bits per heavy atom. The van der Waals surface area contributed by atoms with E-state index >= 15 is 0 Å². The molecule has 0 aromatic rings. The van der Waals surface area contributed by atoms with E-state index in [1.54, 1.807) is 9.80 Å². The van der Waals surface area contributed by atoms with Crippen LogP contribution < -0.4 is 0 Å². The molecule has 0 aromatic carbocycles. The van der Waals surface area contributed by atoms with E-state index in [0.29, 0.717) is 0 Å². The monoisotopic (exact) mass is 550 g/mol. The highest BCUT2D eigenvalue weighted by molar-refractivity contribution is 8.75. The molecule has 4 nitrogen and oxygen atoms in total. The first-order valence-electron chi connectivity index (χ1n) is 12.9. The molecule has 0 aromatic heterocycles. The lowest BCUT2D eigenvalue weighted by atomic mass is 10.1. The van der Waals surface area contributed by atoms with Crippen LogP contribution >= 0.6 is 21.6 Å². The van der Waals surface area contributed by atoms with Gasteiger partial charge in [0.25, 0.3) is 0 Å². The lowest BCUT2D eigenvalue weighted by Crippen LogP contribution is -2.16. The number of carbonyl (C=O) groups excluding carboxylic acids is 2. The second kappa shape index (κ2) is 25.9. The van der Waals surface area contributed by atoms with Crippen molar-refractivity contribution in [1.29, 1.82) is 0 Å². The first kappa shape index (κ1) is 33.8. The SMILES string of the molecule is CCC[S+](C=CN(C=O)CCCCCCCCCCCCN(C=O)C=C[S+](CCC)SC)SC. The Kier molecular flexibility index (Phi) is 25.8. The fourth-order valence-corrected chi connectivity index (χ4v) is 8.62. The quantitative estimate of drug-likeness (QED) is 0.0515. The van der Waals surface area contributed by atoms with Gasteiger partial charge in [-0.1, -0.05) is 65.2 Å². The molecule has 0 saturated carbocycles. The van der Waals surface area contributed by atoms with Gasteiger partial charge in [-0.3, -0.25) is 9.59 Å². The Balaban J connectivity index is 3.70. The lowest BCUT2D eigenvalue weighted by molar-refractivity contribution is -0.116. The van der Waals surface area contributed by atoms with Gasteiger partial charge in [0.05, 0.1) is 53.8 Å². The molecule has 34 heavy (non-hydrogen) atoms. The summed E-state index contributed by atoms with van der Waals surface area (Å²) in [5.74, 6) is 2.38. The largest absolute Gasteiger partial charge is 0.317 e. The smallest absolute Gasteiger partial charge is 0.213 e.